The first-order chi connectivity index (χ1) is 13.1. The van der Waals surface area contributed by atoms with Crippen molar-refractivity contribution in [3.63, 3.8) is 0 Å². The van der Waals surface area contributed by atoms with Crippen molar-refractivity contribution in [1.82, 2.24) is 0 Å². The molecule has 0 nitrogen and oxygen atoms in total. The number of aryl methyl sites for hydroxylation is 1. The minimum Gasteiger partial charge on any atom is -1.00 e. The van der Waals surface area contributed by atoms with Crippen molar-refractivity contribution in [2.24, 2.45) is 11.8 Å². The third-order valence-electron chi connectivity index (χ3n) is 7.28. The minimum absolute atomic E-state index is 0. The second-order valence-corrected chi connectivity index (χ2v) is 21.4. The molecule has 1 aromatic rings. The molecular weight excluding hydrogens is 535 g/mol. The normalized spacial score (nSPS) is 18.3. The molecule has 0 N–H and O–H groups in total. The average Bonchev–Trinajstić information content (AvgIpc) is 2.76. The van der Waals surface area contributed by atoms with E-state index < -0.39 is 16.1 Å². The Balaban J connectivity index is -0.00000225. The molecular formula is C27H45Cl3Si2Ti. The molecule has 0 aromatic heterocycles. The van der Waals surface area contributed by atoms with Crippen LogP contribution in [0.2, 0.25) is 36.8 Å². The molecule has 0 saturated heterocycles. The zero-order valence-electron chi connectivity index (χ0n) is 22.9. The molecule has 1 aliphatic rings. The molecule has 0 fully saturated rings. The van der Waals surface area contributed by atoms with Gasteiger partial charge in [-0.25, -0.2) is 5.57 Å². The van der Waals surface area contributed by atoms with E-state index in [2.05, 4.69) is 106 Å². The van der Waals surface area contributed by atoms with Gasteiger partial charge >= 0.3 is 21.7 Å². The summed E-state index contributed by atoms with van der Waals surface area (Å²) >= 11 is 0. The van der Waals surface area contributed by atoms with E-state index in [1.807, 2.05) is 0 Å². The standard InChI is InChI=1S/C27H45Si2.3ClH.Ti/c1-19(2)17-29(18-20(3)4,27(9)16-22(6)23(7)24(27)8)26-14-21(5)13-25(15-26)28(10,11)12;;;;/h13-15,19-20H,17-18H2,1-12H3;3*1H;/q-1;;;;+4/p-3. The van der Waals surface area contributed by atoms with Crippen LogP contribution in [0.5, 0.6) is 0 Å². The third-order valence-corrected chi connectivity index (χ3v) is 16.1. The molecule has 1 atom stereocenters. The second-order valence-electron chi connectivity index (χ2n) is 11.7. The van der Waals surface area contributed by atoms with Crippen LogP contribution in [0.1, 0.15) is 61.0 Å². The molecule has 0 amide bonds. The molecule has 1 unspecified atom stereocenters. The number of hydrogen-bond donors (Lipinski definition) is 0. The molecule has 0 aliphatic heterocycles. The van der Waals surface area contributed by atoms with Crippen LogP contribution in [0.15, 0.2) is 34.9 Å². The quantitative estimate of drug-likeness (QED) is 0.269. The van der Waals surface area contributed by atoms with Gasteiger partial charge in [0.25, 0.3) is 0 Å². The molecule has 6 heteroatoms. The summed E-state index contributed by atoms with van der Waals surface area (Å²) in [7, 11) is -3.32. The van der Waals surface area contributed by atoms with E-state index in [0.717, 1.165) is 0 Å². The fourth-order valence-corrected chi connectivity index (χ4v) is 14.1. The van der Waals surface area contributed by atoms with E-state index in [-0.39, 0.29) is 64.0 Å². The van der Waals surface area contributed by atoms with Crippen LogP contribution in [0.4, 0.5) is 0 Å². The number of hydrogen-bond acceptors (Lipinski definition) is 0. The Kier molecular flexibility index (Phi) is 16.1. The molecule has 0 saturated carbocycles. The first-order valence-corrected chi connectivity index (χ1v) is 17.5. The van der Waals surface area contributed by atoms with Crippen molar-refractivity contribution < 1.29 is 58.9 Å². The van der Waals surface area contributed by atoms with E-state index in [0.29, 0.717) is 11.8 Å². The predicted octanol–water partition coefficient (Wildman–Crippen LogP) is -1.62. The summed E-state index contributed by atoms with van der Waals surface area (Å²) in [5, 5.41) is 3.40. The summed E-state index contributed by atoms with van der Waals surface area (Å²) in [6, 6.07) is 10.3. The van der Waals surface area contributed by atoms with Gasteiger partial charge in [0.05, 0.1) is 16.1 Å². The van der Waals surface area contributed by atoms with Crippen molar-refractivity contribution in [3.8, 4) is 0 Å². The average molecular weight is 580 g/mol. The summed E-state index contributed by atoms with van der Waals surface area (Å²) in [5.74, 6) is 1.40. The Labute approximate surface area is 241 Å². The van der Waals surface area contributed by atoms with E-state index >= 15 is 0 Å². The van der Waals surface area contributed by atoms with Gasteiger partial charge in [-0.05, 0) is 18.8 Å². The van der Waals surface area contributed by atoms with Crippen LogP contribution >= 0.6 is 0 Å². The van der Waals surface area contributed by atoms with Crippen LogP contribution < -0.4 is 47.6 Å². The summed E-state index contributed by atoms with van der Waals surface area (Å²) in [4.78, 5) is 0. The molecule has 0 bridgehead atoms. The Morgan fingerprint density at radius 1 is 0.788 bits per heavy atom. The Bertz CT molecular complexity index is 828. The fourth-order valence-electron chi connectivity index (χ4n) is 5.60. The molecule has 186 valence electrons. The number of benzene rings is 1. The zero-order chi connectivity index (χ0) is 22.4. The maximum Gasteiger partial charge on any atom is 4.00 e. The maximum atomic E-state index is 4.07. The van der Waals surface area contributed by atoms with Gasteiger partial charge in [-0.2, -0.15) is 11.1 Å². The van der Waals surface area contributed by atoms with Gasteiger partial charge < -0.3 is 37.2 Å². The van der Waals surface area contributed by atoms with Gasteiger partial charge in [0, 0.05) is 0 Å². The largest absolute Gasteiger partial charge is 4.00 e. The first kappa shape index (κ1) is 38.3. The number of rotatable bonds is 7. The van der Waals surface area contributed by atoms with E-state index in [1.165, 1.54) is 28.8 Å². The first-order valence-electron chi connectivity index (χ1n) is 11.6. The SMILES string of the molecule is CC1=[C-]C(C)([Si](CC(C)C)(CC(C)C)c2cc(C)cc([Si](C)(C)C)c2)C(C)=C1C.[Cl-].[Cl-].[Cl-].[Ti+4]. The number of halogens is 3. The van der Waals surface area contributed by atoms with E-state index in [9.17, 15) is 0 Å². The van der Waals surface area contributed by atoms with Gasteiger partial charge in [-0.15, -0.1) is 6.92 Å². The molecule has 0 heterocycles. The summed E-state index contributed by atoms with van der Waals surface area (Å²) < 4.78 is 0. The predicted molar refractivity (Wildman–Crippen MR) is 138 cm³/mol. The van der Waals surface area contributed by atoms with Crippen LogP contribution in [0.25, 0.3) is 0 Å². The van der Waals surface area contributed by atoms with Crippen molar-refractivity contribution in [1.29, 1.82) is 0 Å². The van der Waals surface area contributed by atoms with Gasteiger partial charge in [0.15, 0.2) is 0 Å². The van der Waals surface area contributed by atoms with Crippen LogP contribution in [0.3, 0.4) is 0 Å². The molecule has 0 radical (unpaired) electrons. The number of allylic oxidation sites excluding steroid dienone is 4. The van der Waals surface area contributed by atoms with Crippen LogP contribution in [-0.2, 0) is 21.7 Å². The molecule has 33 heavy (non-hydrogen) atoms. The summed E-state index contributed by atoms with van der Waals surface area (Å²) in [6.07, 6.45) is 4.07. The van der Waals surface area contributed by atoms with Crippen molar-refractivity contribution in [3.05, 3.63) is 46.6 Å². The van der Waals surface area contributed by atoms with Crippen LogP contribution in [-0.4, -0.2) is 16.1 Å². The maximum absolute atomic E-state index is 4.07. The van der Waals surface area contributed by atoms with Gasteiger partial charge in [0.2, 0.25) is 0 Å². The van der Waals surface area contributed by atoms with Crippen molar-refractivity contribution in [2.45, 2.75) is 99.1 Å². The van der Waals surface area contributed by atoms with Crippen LogP contribution in [0, 0.1) is 24.8 Å². The van der Waals surface area contributed by atoms with Crippen molar-refractivity contribution >= 4 is 26.5 Å². The summed E-state index contributed by atoms with van der Waals surface area (Å²) in [5.41, 5.74) is 5.89. The molecule has 0 spiro atoms. The van der Waals surface area contributed by atoms with E-state index in [1.54, 1.807) is 15.9 Å². The fraction of sp³-hybridized carbons (Fsp3) is 0.630. The Morgan fingerprint density at radius 3 is 1.55 bits per heavy atom. The van der Waals surface area contributed by atoms with Gasteiger partial charge in [0.1, 0.15) is 0 Å². The topological polar surface area (TPSA) is 0 Å². The van der Waals surface area contributed by atoms with Gasteiger partial charge in [-0.1, -0.05) is 119 Å². The monoisotopic (exact) mass is 578 g/mol. The minimum atomic E-state index is -1.94. The van der Waals surface area contributed by atoms with Crippen molar-refractivity contribution in [2.75, 3.05) is 0 Å². The Morgan fingerprint density at radius 2 is 1.21 bits per heavy atom. The zero-order valence-corrected chi connectivity index (χ0v) is 28.8. The Hall–Kier alpha value is 0.718. The third kappa shape index (κ3) is 7.85. The van der Waals surface area contributed by atoms with Gasteiger partial charge in [-0.3, -0.25) is 6.08 Å². The second kappa shape index (κ2) is 13.9. The molecule has 1 aliphatic carbocycles. The molecule has 1 aromatic carbocycles. The smallest absolute Gasteiger partial charge is 1.00 e. The van der Waals surface area contributed by atoms with E-state index in [4.69, 9.17) is 0 Å². The molecule has 2 rings (SSSR count). The summed E-state index contributed by atoms with van der Waals surface area (Å²) in [6.45, 7) is 29.0.